The molecule has 0 fully saturated rings. The van der Waals surface area contributed by atoms with Crippen LogP contribution in [-0.4, -0.2) is 25.7 Å². The van der Waals surface area contributed by atoms with E-state index in [4.69, 9.17) is 10.5 Å². The van der Waals surface area contributed by atoms with Crippen LogP contribution >= 0.6 is 12.4 Å². The molecular weight excluding hydrogens is 240 g/mol. The number of nitrogens with two attached hydrogens (primary N) is 1. The van der Waals surface area contributed by atoms with Gasteiger partial charge in [-0.25, -0.2) is 0 Å². The molecule has 2 atom stereocenters. The molecule has 4 nitrogen and oxygen atoms in total. The van der Waals surface area contributed by atoms with Crippen molar-refractivity contribution in [2.24, 2.45) is 5.73 Å². The first-order valence-corrected chi connectivity index (χ1v) is 5.25. The van der Waals surface area contributed by atoms with E-state index in [-0.39, 0.29) is 31.0 Å². The van der Waals surface area contributed by atoms with Crippen molar-refractivity contribution in [2.45, 2.75) is 19.0 Å². The van der Waals surface area contributed by atoms with Gasteiger partial charge >= 0.3 is 0 Å². The molecule has 1 unspecified atom stereocenters. The highest BCUT2D eigenvalue weighted by Crippen LogP contribution is 2.10. The number of amides is 1. The van der Waals surface area contributed by atoms with Crippen LogP contribution in [-0.2, 0) is 9.53 Å². The van der Waals surface area contributed by atoms with Crippen molar-refractivity contribution in [2.75, 3.05) is 13.7 Å². The van der Waals surface area contributed by atoms with Crippen LogP contribution in [0.25, 0.3) is 0 Å². The molecule has 0 spiro atoms. The van der Waals surface area contributed by atoms with E-state index in [0.29, 0.717) is 0 Å². The van der Waals surface area contributed by atoms with E-state index in [9.17, 15) is 4.79 Å². The maximum Gasteiger partial charge on any atom is 0.239 e. The summed E-state index contributed by atoms with van der Waals surface area (Å²) in [5, 5.41) is 2.84. The summed E-state index contributed by atoms with van der Waals surface area (Å²) in [5.74, 6) is -0.196. The van der Waals surface area contributed by atoms with Gasteiger partial charge in [0.15, 0.2) is 0 Å². The minimum atomic E-state index is -0.615. The summed E-state index contributed by atoms with van der Waals surface area (Å²) in [6, 6.07) is 9.08. The Morgan fingerprint density at radius 1 is 1.41 bits per heavy atom. The molecule has 17 heavy (non-hydrogen) atoms. The highest BCUT2D eigenvalue weighted by Gasteiger charge is 2.15. The Balaban J connectivity index is 0.00000256. The van der Waals surface area contributed by atoms with Gasteiger partial charge in [0, 0.05) is 7.11 Å². The number of ether oxygens (including phenoxy) is 1. The van der Waals surface area contributed by atoms with Crippen LogP contribution in [0.1, 0.15) is 18.5 Å². The number of benzene rings is 1. The van der Waals surface area contributed by atoms with Crippen LogP contribution in [0.15, 0.2) is 30.3 Å². The second-order valence-electron chi connectivity index (χ2n) is 3.70. The predicted molar refractivity (Wildman–Crippen MR) is 70.1 cm³/mol. The normalized spacial score (nSPS) is 13.4. The fourth-order valence-electron chi connectivity index (χ4n) is 1.40. The molecule has 1 aromatic carbocycles. The Morgan fingerprint density at radius 2 is 2.00 bits per heavy atom. The Morgan fingerprint density at radius 3 is 2.53 bits per heavy atom. The molecule has 0 saturated carbocycles. The zero-order valence-corrected chi connectivity index (χ0v) is 10.9. The van der Waals surface area contributed by atoms with Crippen molar-refractivity contribution in [1.82, 2.24) is 5.32 Å². The molecule has 0 aliphatic carbocycles. The third-order valence-electron chi connectivity index (χ3n) is 2.34. The van der Waals surface area contributed by atoms with Gasteiger partial charge in [-0.15, -0.1) is 12.4 Å². The molecule has 0 aliphatic rings. The van der Waals surface area contributed by atoms with Gasteiger partial charge in [-0.1, -0.05) is 30.3 Å². The van der Waals surface area contributed by atoms with Gasteiger partial charge in [0.25, 0.3) is 0 Å². The van der Waals surface area contributed by atoms with Gasteiger partial charge in [0.2, 0.25) is 5.91 Å². The predicted octanol–water partition coefficient (Wildman–Crippen LogP) is 1.26. The van der Waals surface area contributed by atoms with Gasteiger partial charge in [-0.05, 0) is 12.5 Å². The zero-order valence-electron chi connectivity index (χ0n) is 10.1. The monoisotopic (exact) mass is 258 g/mol. The highest BCUT2D eigenvalue weighted by molar-refractivity contribution is 5.85. The first kappa shape index (κ1) is 15.9. The minimum absolute atomic E-state index is 0. The molecule has 5 heteroatoms. The SMILES string of the molecule is COCC(N)C(=O)N[C@H](C)c1ccccc1.Cl. The standard InChI is InChI=1S/C12H18N2O2.ClH/c1-9(10-6-4-3-5-7-10)14-12(15)11(13)8-16-2;/h3-7,9,11H,8,13H2,1-2H3,(H,14,15);1H/t9-,11?;/m1./s1. The average Bonchev–Trinajstić information content (AvgIpc) is 2.30. The first-order valence-electron chi connectivity index (χ1n) is 5.25. The molecule has 1 aromatic rings. The van der Waals surface area contributed by atoms with E-state index in [1.165, 1.54) is 7.11 Å². The zero-order chi connectivity index (χ0) is 12.0. The lowest BCUT2D eigenvalue weighted by molar-refractivity contribution is -0.124. The number of hydrogen-bond acceptors (Lipinski definition) is 3. The summed E-state index contributed by atoms with van der Waals surface area (Å²) in [4.78, 5) is 11.6. The summed E-state index contributed by atoms with van der Waals surface area (Å²) in [6.45, 7) is 2.15. The molecule has 96 valence electrons. The second-order valence-corrected chi connectivity index (χ2v) is 3.70. The summed E-state index contributed by atoms with van der Waals surface area (Å²) in [5.41, 5.74) is 6.67. The van der Waals surface area contributed by atoms with E-state index in [2.05, 4.69) is 5.32 Å². The van der Waals surface area contributed by atoms with Crippen molar-refractivity contribution in [3.8, 4) is 0 Å². The number of halogens is 1. The van der Waals surface area contributed by atoms with Crippen LogP contribution < -0.4 is 11.1 Å². The molecule has 0 radical (unpaired) electrons. The molecule has 0 heterocycles. The van der Waals surface area contributed by atoms with Gasteiger partial charge in [0.1, 0.15) is 6.04 Å². The van der Waals surface area contributed by atoms with E-state index in [0.717, 1.165) is 5.56 Å². The fraction of sp³-hybridized carbons (Fsp3) is 0.417. The van der Waals surface area contributed by atoms with Crippen molar-refractivity contribution in [3.63, 3.8) is 0 Å². The first-order chi connectivity index (χ1) is 7.65. The molecule has 0 bridgehead atoms. The Hall–Kier alpha value is -1.10. The van der Waals surface area contributed by atoms with E-state index < -0.39 is 6.04 Å². The van der Waals surface area contributed by atoms with E-state index >= 15 is 0 Å². The quantitative estimate of drug-likeness (QED) is 0.836. The largest absolute Gasteiger partial charge is 0.383 e. The molecule has 0 saturated heterocycles. The highest BCUT2D eigenvalue weighted by atomic mass is 35.5. The van der Waals surface area contributed by atoms with Crippen molar-refractivity contribution in [3.05, 3.63) is 35.9 Å². The van der Waals surface area contributed by atoms with Gasteiger partial charge in [-0.3, -0.25) is 4.79 Å². The molecule has 1 amide bonds. The molecule has 0 aromatic heterocycles. The second kappa shape index (κ2) is 8.06. The van der Waals surface area contributed by atoms with Crippen LogP contribution in [0.3, 0.4) is 0 Å². The lowest BCUT2D eigenvalue weighted by Crippen LogP contribution is -2.44. The molecule has 1 rings (SSSR count). The number of nitrogens with one attached hydrogen (secondary N) is 1. The summed E-state index contributed by atoms with van der Waals surface area (Å²) in [7, 11) is 1.52. The lowest BCUT2D eigenvalue weighted by Gasteiger charge is -2.17. The van der Waals surface area contributed by atoms with Crippen molar-refractivity contribution >= 4 is 18.3 Å². The van der Waals surface area contributed by atoms with E-state index in [1.807, 2.05) is 37.3 Å². The Labute approximate surface area is 108 Å². The number of carbonyl (C=O) groups excluding carboxylic acids is 1. The number of methoxy groups -OCH3 is 1. The Kier molecular flexibility index (Phi) is 7.54. The van der Waals surface area contributed by atoms with Gasteiger partial charge < -0.3 is 15.8 Å². The summed E-state index contributed by atoms with van der Waals surface area (Å²) in [6.07, 6.45) is 0. The summed E-state index contributed by atoms with van der Waals surface area (Å²) < 4.78 is 4.83. The maximum atomic E-state index is 11.6. The van der Waals surface area contributed by atoms with Crippen LogP contribution in [0, 0.1) is 0 Å². The average molecular weight is 259 g/mol. The third-order valence-corrected chi connectivity index (χ3v) is 2.34. The smallest absolute Gasteiger partial charge is 0.239 e. The lowest BCUT2D eigenvalue weighted by atomic mass is 10.1. The van der Waals surface area contributed by atoms with Crippen LogP contribution in [0.4, 0.5) is 0 Å². The molecular formula is C12H19ClN2O2. The number of hydrogen-bond donors (Lipinski definition) is 2. The third kappa shape index (κ3) is 5.17. The maximum absolute atomic E-state index is 11.6. The fourth-order valence-corrected chi connectivity index (χ4v) is 1.40. The van der Waals surface area contributed by atoms with E-state index in [1.54, 1.807) is 0 Å². The van der Waals surface area contributed by atoms with Crippen molar-refractivity contribution in [1.29, 1.82) is 0 Å². The number of rotatable bonds is 5. The Bertz CT molecular complexity index is 333. The minimum Gasteiger partial charge on any atom is -0.383 e. The van der Waals surface area contributed by atoms with Crippen LogP contribution in [0.2, 0.25) is 0 Å². The van der Waals surface area contributed by atoms with Crippen LogP contribution in [0.5, 0.6) is 0 Å². The van der Waals surface area contributed by atoms with Gasteiger partial charge in [-0.2, -0.15) is 0 Å². The number of carbonyl (C=O) groups is 1. The molecule has 0 aliphatic heterocycles. The summed E-state index contributed by atoms with van der Waals surface area (Å²) >= 11 is 0. The topological polar surface area (TPSA) is 64.3 Å². The van der Waals surface area contributed by atoms with Gasteiger partial charge in [0.05, 0.1) is 12.6 Å². The molecule has 3 N–H and O–H groups in total. The van der Waals surface area contributed by atoms with Crippen molar-refractivity contribution < 1.29 is 9.53 Å².